The number of benzene rings is 9. The maximum atomic E-state index is 5.24. The van der Waals surface area contributed by atoms with Crippen LogP contribution in [0.25, 0.3) is 99.2 Å². The predicted molar refractivity (Wildman–Crippen MR) is 219 cm³/mol. The van der Waals surface area contributed by atoms with Crippen LogP contribution in [0.3, 0.4) is 0 Å². The summed E-state index contributed by atoms with van der Waals surface area (Å²) >= 11 is 0. The van der Waals surface area contributed by atoms with Gasteiger partial charge in [0.15, 0.2) is 5.82 Å². The Morgan fingerprint density at radius 2 is 0.654 bits per heavy atom. The summed E-state index contributed by atoms with van der Waals surface area (Å²) in [4.78, 5) is 10.3. The molecular formula is C50H32N2. The molecule has 10 aromatic rings. The van der Waals surface area contributed by atoms with Crippen LogP contribution in [0.5, 0.6) is 0 Å². The molecule has 0 N–H and O–H groups in total. The molecule has 2 nitrogen and oxygen atoms in total. The first-order valence-electron chi connectivity index (χ1n) is 17.7. The summed E-state index contributed by atoms with van der Waals surface area (Å²) in [5.41, 5.74) is 10.9. The van der Waals surface area contributed by atoms with Crippen molar-refractivity contribution >= 4 is 43.2 Å². The fourth-order valence-corrected chi connectivity index (χ4v) is 7.71. The summed E-state index contributed by atoms with van der Waals surface area (Å²) in [6.45, 7) is 0. The summed E-state index contributed by atoms with van der Waals surface area (Å²) in [6.07, 6.45) is 0. The van der Waals surface area contributed by atoms with Gasteiger partial charge >= 0.3 is 0 Å². The predicted octanol–water partition coefficient (Wildman–Crippen LogP) is 13.4. The average molecular weight is 661 g/mol. The second kappa shape index (κ2) is 12.5. The van der Waals surface area contributed by atoms with E-state index in [1.165, 1.54) is 49.0 Å². The molecule has 0 spiro atoms. The molecule has 0 unspecified atom stereocenters. The van der Waals surface area contributed by atoms with E-state index in [9.17, 15) is 0 Å². The van der Waals surface area contributed by atoms with Gasteiger partial charge in [-0.05, 0) is 96.0 Å². The number of nitrogens with zero attached hydrogens (tertiary/aromatic N) is 2. The van der Waals surface area contributed by atoms with Gasteiger partial charge in [0, 0.05) is 16.5 Å². The molecule has 0 bridgehead atoms. The van der Waals surface area contributed by atoms with Gasteiger partial charge in [0.1, 0.15) is 0 Å². The SMILES string of the molecule is c1ccc(-c2cccc(-c3nc(-c4cccc(-c5cccc(-c6ccc7c8ccccc8c8ccccc8c7c6)c5)c4)nc4ccccc34)c2)cc1. The summed E-state index contributed by atoms with van der Waals surface area (Å²) in [7, 11) is 0. The molecule has 1 heterocycles. The molecule has 0 saturated heterocycles. The molecule has 2 heteroatoms. The molecule has 0 fully saturated rings. The minimum atomic E-state index is 0.713. The molecule has 9 aromatic carbocycles. The van der Waals surface area contributed by atoms with E-state index in [0.717, 1.165) is 44.4 Å². The third-order valence-electron chi connectivity index (χ3n) is 10.2. The van der Waals surface area contributed by atoms with Gasteiger partial charge in [0.25, 0.3) is 0 Å². The Labute approximate surface area is 302 Å². The fourth-order valence-electron chi connectivity index (χ4n) is 7.71. The molecule has 0 radical (unpaired) electrons. The molecule has 0 aliphatic rings. The molecular weight excluding hydrogens is 629 g/mol. The Hall–Kier alpha value is -6.90. The molecule has 1 aromatic heterocycles. The number of hydrogen-bond donors (Lipinski definition) is 0. The lowest BCUT2D eigenvalue weighted by Crippen LogP contribution is -1.95. The van der Waals surface area contributed by atoms with E-state index in [4.69, 9.17) is 9.97 Å². The van der Waals surface area contributed by atoms with Gasteiger partial charge in [0.2, 0.25) is 0 Å². The zero-order valence-electron chi connectivity index (χ0n) is 28.4. The monoisotopic (exact) mass is 660 g/mol. The second-order valence-corrected chi connectivity index (χ2v) is 13.4. The minimum Gasteiger partial charge on any atom is -0.228 e. The Balaban J connectivity index is 1.06. The maximum Gasteiger partial charge on any atom is 0.160 e. The first-order chi connectivity index (χ1) is 25.8. The molecule has 0 saturated carbocycles. The molecule has 242 valence electrons. The van der Waals surface area contributed by atoms with Crippen molar-refractivity contribution in [2.24, 2.45) is 0 Å². The van der Waals surface area contributed by atoms with E-state index in [1.807, 2.05) is 6.07 Å². The zero-order chi connectivity index (χ0) is 34.4. The first kappa shape index (κ1) is 30.0. The van der Waals surface area contributed by atoms with Crippen molar-refractivity contribution in [2.45, 2.75) is 0 Å². The van der Waals surface area contributed by atoms with Crippen LogP contribution in [0.2, 0.25) is 0 Å². The van der Waals surface area contributed by atoms with Gasteiger partial charge in [-0.3, -0.25) is 0 Å². The average Bonchev–Trinajstić information content (AvgIpc) is 3.23. The van der Waals surface area contributed by atoms with Crippen LogP contribution in [0.4, 0.5) is 0 Å². The van der Waals surface area contributed by atoms with E-state index in [1.54, 1.807) is 0 Å². The van der Waals surface area contributed by atoms with Gasteiger partial charge in [0.05, 0.1) is 11.2 Å². The molecule has 0 amide bonds. The highest BCUT2D eigenvalue weighted by Crippen LogP contribution is 2.38. The van der Waals surface area contributed by atoms with Crippen molar-refractivity contribution < 1.29 is 0 Å². The molecule has 10 rings (SSSR count). The normalized spacial score (nSPS) is 11.5. The largest absolute Gasteiger partial charge is 0.228 e. The number of para-hydroxylation sites is 1. The van der Waals surface area contributed by atoms with Crippen LogP contribution in [-0.4, -0.2) is 9.97 Å². The minimum absolute atomic E-state index is 0.713. The first-order valence-corrected chi connectivity index (χ1v) is 17.7. The van der Waals surface area contributed by atoms with Crippen molar-refractivity contribution in [3.05, 3.63) is 194 Å². The van der Waals surface area contributed by atoms with E-state index >= 15 is 0 Å². The van der Waals surface area contributed by atoms with Gasteiger partial charge in [-0.15, -0.1) is 0 Å². The van der Waals surface area contributed by atoms with Gasteiger partial charge in [-0.1, -0.05) is 164 Å². The Kier molecular flexibility index (Phi) is 7.18. The standard InChI is InChI=1S/C50H32N2/c1-2-13-33(14-3-1)34-15-11-19-39(30-34)49-46-25-8-9-26-48(46)51-50(52-49)40-20-12-18-37(31-40)35-16-10-17-36(29-35)38-27-28-45-43-23-5-4-21-41(43)42-22-6-7-24-44(42)47(45)32-38/h1-32H. The van der Waals surface area contributed by atoms with Gasteiger partial charge in [-0.2, -0.15) is 0 Å². The van der Waals surface area contributed by atoms with Crippen LogP contribution in [0.1, 0.15) is 0 Å². The quantitative estimate of drug-likeness (QED) is 0.172. The third-order valence-corrected chi connectivity index (χ3v) is 10.2. The second-order valence-electron chi connectivity index (χ2n) is 13.4. The summed E-state index contributed by atoms with van der Waals surface area (Å²) < 4.78 is 0. The number of rotatable bonds is 5. The topological polar surface area (TPSA) is 25.8 Å². The zero-order valence-corrected chi connectivity index (χ0v) is 28.4. The van der Waals surface area contributed by atoms with E-state index < -0.39 is 0 Å². The number of hydrogen-bond acceptors (Lipinski definition) is 2. The fraction of sp³-hybridized carbons (Fsp3) is 0. The van der Waals surface area contributed by atoms with Crippen LogP contribution >= 0.6 is 0 Å². The summed E-state index contributed by atoms with van der Waals surface area (Å²) in [6, 6.07) is 69.3. The van der Waals surface area contributed by atoms with Crippen LogP contribution < -0.4 is 0 Å². The van der Waals surface area contributed by atoms with Crippen molar-refractivity contribution in [1.82, 2.24) is 9.97 Å². The van der Waals surface area contributed by atoms with E-state index in [2.05, 4.69) is 188 Å². The summed E-state index contributed by atoms with van der Waals surface area (Å²) in [5.74, 6) is 0.713. The maximum absolute atomic E-state index is 5.24. The lowest BCUT2D eigenvalue weighted by molar-refractivity contribution is 1.23. The molecule has 52 heavy (non-hydrogen) atoms. The van der Waals surface area contributed by atoms with E-state index in [-0.39, 0.29) is 0 Å². The van der Waals surface area contributed by atoms with Crippen molar-refractivity contribution in [2.75, 3.05) is 0 Å². The van der Waals surface area contributed by atoms with Crippen LogP contribution in [0, 0.1) is 0 Å². The van der Waals surface area contributed by atoms with Gasteiger partial charge in [-0.25, -0.2) is 9.97 Å². The molecule has 0 atom stereocenters. The van der Waals surface area contributed by atoms with Crippen molar-refractivity contribution in [3.8, 4) is 56.0 Å². The van der Waals surface area contributed by atoms with Crippen LogP contribution in [0.15, 0.2) is 194 Å². The highest BCUT2D eigenvalue weighted by Gasteiger charge is 2.14. The molecule has 0 aliphatic carbocycles. The van der Waals surface area contributed by atoms with Crippen LogP contribution in [-0.2, 0) is 0 Å². The molecule has 0 aliphatic heterocycles. The summed E-state index contributed by atoms with van der Waals surface area (Å²) in [5, 5.41) is 8.75. The smallest absolute Gasteiger partial charge is 0.160 e. The Morgan fingerprint density at radius 1 is 0.231 bits per heavy atom. The lowest BCUT2D eigenvalue weighted by atomic mass is 9.91. The van der Waals surface area contributed by atoms with Crippen molar-refractivity contribution in [3.63, 3.8) is 0 Å². The number of fused-ring (bicyclic) bond motifs is 7. The van der Waals surface area contributed by atoms with E-state index in [0.29, 0.717) is 5.82 Å². The third kappa shape index (κ3) is 5.21. The highest BCUT2D eigenvalue weighted by atomic mass is 14.9. The Bertz CT molecular complexity index is 2930. The Morgan fingerprint density at radius 3 is 1.31 bits per heavy atom. The highest BCUT2D eigenvalue weighted by molar-refractivity contribution is 6.25. The lowest BCUT2D eigenvalue weighted by Gasteiger charge is -2.13. The van der Waals surface area contributed by atoms with Gasteiger partial charge < -0.3 is 0 Å². The number of aromatic nitrogens is 2. The van der Waals surface area contributed by atoms with Crippen molar-refractivity contribution in [1.29, 1.82) is 0 Å².